The second-order valence-electron chi connectivity index (χ2n) is 7.09. The highest BCUT2D eigenvalue weighted by Gasteiger charge is 2.22. The van der Waals surface area contributed by atoms with Crippen molar-refractivity contribution in [3.63, 3.8) is 0 Å². The topological polar surface area (TPSA) is 69.3 Å². The first-order valence-electron chi connectivity index (χ1n) is 9.88. The molecule has 7 nitrogen and oxygen atoms in total. The molecule has 1 amide bonds. The van der Waals surface area contributed by atoms with Crippen molar-refractivity contribution in [2.75, 3.05) is 54.7 Å². The molecule has 28 heavy (non-hydrogen) atoms. The van der Waals surface area contributed by atoms with E-state index in [-0.39, 0.29) is 5.91 Å². The normalized spacial score (nSPS) is 15.3. The lowest BCUT2D eigenvalue weighted by Gasteiger charge is -2.32. The Hall–Kier alpha value is -1.99. The molecular formula is C21H34N2O5. The van der Waals surface area contributed by atoms with Crippen LogP contribution in [0.25, 0.3) is 0 Å². The minimum atomic E-state index is 0.120. The lowest BCUT2D eigenvalue weighted by atomic mass is 9.92. The third kappa shape index (κ3) is 6.27. The van der Waals surface area contributed by atoms with Crippen molar-refractivity contribution < 1.29 is 23.7 Å². The van der Waals surface area contributed by atoms with Gasteiger partial charge < -0.3 is 24.3 Å². The Morgan fingerprint density at radius 3 is 2.39 bits per heavy atom. The van der Waals surface area contributed by atoms with Gasteiger partial charge >= 0.3 is 0 Å². The molecule has 2 rings (SSSR count). The summed E-state index contributed by atoms with van der Waals surface area (Å²) in [4.78, 5) is 14.3. The maximum atomic E-state index is 11.8. The van der Waals surface area contributed by atoms with Gasteiger partial charge in [-0.25, -0.2) is 0 Å². The van der Waals surface area contributed by atoms with Crippen LogP contribution in [0.1, 0.15) is 31.2 Å². The Kier molecular flexibility index (Phi) is 9.37. The average Bonchev–Trinajstić information content (AvgIpc) is 2.72. The van der Waals surface area contributed by atoms with Gasteiger partial charge in [0.2, 0.25) is 11.7 Å². The number of methoxy groups -OCH3 is 4. The molecule has 0 bridgehead atoms. The molecule has 0 radical (unpaired) electrons. The van der Waals surface area contributed by atoms with Crippen LogP contribution < -0.4 is 19.5 Å². The fourth-order valence-corrected chi connectivity index (χ4v) is 3.68. The molecule has 1 aromatic rings. The molecule has 1 saturated heterocycles. The highest BCUT2D eigenvalue weighted by atomic mass is 16.5. The van der Waals surface area contributed by atoms with Gasteiger partial charge in [-0.05, 0) is 44.3 Å². The number of piperidine rings is 1. The van der Waals surface area contributed by atoms with Gasteiger partial charge in [-0.1, -0.05) is 6.07 Å². The molecule has 0 aliphatic carbocycles. The number of likely N-dealkylation sites (tertiary alicyclic amines) is 1. The Labute approximate surface area is 168 Å². The van der Waals surface area contributed by atoms with Crippen LogP contribution in [-0.4, -0.2) is 65.5 Å². The van der Waals surface area contributed by atoms with Crippen LogP contribution >= 0.6 is 0 Å². The van der Waals surface area contributed by atoms with E-state index in [2.05, 4.69) is 10.2 Å². The van der Waals surface area contributed by atoms with Gasteiger partial charge in [0.1, 0.15) is 0 Å². The number of carbonyl (C=O) groups is 1. The van der Waals surface area contributed by atoms with Crippen LogP contribution in [0.5, 0.6) is 17.2 Å². The van der Waals surface area contributed by atoms with Crippen molar-refractivity contribution in [3.05, 3.63) is 17.7 Å². The predicted octanol–water partition coefficient (Wildman–Crippen LogP) is 2.47. The van der Waals surface area contributed by atoms with E-state index in [4.69, 9.17) is 18.9 Å². The maximum Gasteiger partial charge on any atom is 0.220 e. The SMILES string of the molecule is COCCNC(=O)CCC1CCN(Cc2ccc(OC)c(OC)c2OC)CC1. The number of benzene rings is 1. The molecule has 0 saturated carbocycles. The van der Waals surface area contributed by atoms with Crippen LogP contribution in [0.4, 0.5) is 0 Å². The highest BCUT2D eigenvalue weighted by molar-refractivity contribution is 5.75. The smallest absolute Gasteiger partial charge is 0.220 e. The zero-order valence-electron chi connectivity index (χ0n) is 17.6. The third-order valence-corrected chi connectivity index (χ3v) is 5.29. The zero-order valence-corrected chi connectivity index (χ0v) is 17.6. The van der Waals surface area contributed by atoms with E-state index in [9.17, 15) is 4.79 Å². The molecule has 1 fully saturated rings. The van der Waals surface area contributed by atoms with Gasteiger partial charge in [-0.3, -0.25) is 9.69 Å². The first kappa shape index (κ1) is 22.3. The number of amides is 1. The van der Waals surface area contributed by atoms with Crippen LogP contribution in [0.15, 0.2) is 12.1 Å². The summed E-state index contributed by atoms with van der Waals surface area (Å²) in [6.07, 6.45) is 3.77. The molecule has 158 valence electrons. The number of rotatable bonds is 11. The number of nitrogens with zero attached hydrogens (tertiary/aromatic N) is 1. The fraction of sp³-hybridized carbons (Fsp3) is 0.667. The lowest BCUT2D eigenvalue weighted by molar-refractivity contribution is -0.121. The summed E-state index contributed by atoms with van der Waals surface area (Å²) in [6, 6.07) is 3.96. The fourth-order valence-electron chi connectivity index (χ4n) is 3.68. The van der Waals surface area contributed by atoms with E-state index in [1.165, 1.54) is 0 Å². The van der Waals surface area contributed by atoms with Crippen molar-refractivity contribution in [2.24, 2.45) is 5.92 Å². The summed E-state index contributed by atoms with van der Waals surface area (Å²) in [5, 5.41) is 2.89. The summed E-state index contributed by atoms with van der Waals surface area (Å²) < 4.78 is 21.4. The van der Waals surface area contributed by atoms with E-state index in [0.717, 1.165) is 50.2 Å². The van der Waals surface area contributed by atoms with E-state index >= 15 is 0 Å². The van der Waals surface area contributed by atoms with Crippen molar-refractivity contribution >= 4 is 5.91 Å². The molecule has 0 spiro atoms. The Bertz CT molecular complexity index is 615. The summed E-state index contributed by atoms with van der Waals surface area (Å²) in [7, 11) is 6.54. The third-order valence-electron chi connectivity index (χ3n) is 5.29. The number of hydrogen-bond donors (Lipinski definition) is 1. The van der Waals surface area contributed by atoms with Crippen LogP contribution in [0, 0.1) is 5.92 Å². The molecular weight excluding hydrogens is 360 g/mol. The standard InChI is InChI=1S/C21H34N2O5/c1-25-14-11-22-19(24)8-5-16-9-12-23(13-10-16)15-17-6-7-18(26-2)21(28-4)20(17)27-3/h6-7,16H,5,8-15H2,1-4H3,(H,22,24). The molecule has 1 aliphatic rings. The van der Waals surface area contributed by atoms with E-state index in [1.54, 1.807) is 28.4 Å². The first-order chi connectivity index (χ1) is 13.6. The summed E-state index contributed by atoms with van der Waals surface area (Å²) in [6.45, 7) is 4.00. The van der Waals surface area contributed by atoms with E-state index < -0.39 is 0 Å². The molecule has 1 aromatic carbocycles. The monoisotopic (exact) mass is 394 g/mol. The van der Waals surface area contributed by atoms with Crippen molar-refractivity contribution in [2.45, 2.75) is 32.2 Å². The number of carbonyl (C=O) groups excluding carboxylic acids is 1. The van der Waals surface area contributed by atoms with Gasteiger partial charge in [0.25, 0.3) is 0 Å². The molecule has 0 unspecified atom stereocenters. The molecule has 7 heteroatoms. The van der Waals surface area contributed by atoms with Gasteiger partial charge in [-0.15, -0.1) is 0 Å². The minimum Gasteiger partial charge on any atom is -0.493 e. The molecule has 1 N–H and O–H groups in total. The molecule has 1 heterocycles. The second kappa shape index (κ2) is 11.8. The molecule has 1 aliphatic heterocycles. The summed E-state index contributed by atoms with van der Waals surface area (Å²) in [5.74, 6) is 2.77. The largest absolute Gasteiger partial charge is 0.493 e. The van der Waals surface area contributed by atoms with Crippen LogP contribution in [0.3, 0.4) is 0 Å². The van der Waals surface area contributed by atoms with Crippen LogP contribution in [0.2, 0.25) is 0 Å². The predicted molar refractivity (Wildman–Crippen MR) is 108 cm³/mol. The zero-order chi connectivity index (χ0) is 20.4. The molecule has 0 atom stereocenters. The van der Waals surface area contributed by atoms with Gasteiger partial charge in [0.15, 0.2) is 11.5 Å². The van der Waals surface area contributed by atoms with Crippen molar-refractivity contribution in [1.82, 2.24) is 10.2 Å². The second-order valence-corrected chi connectivity index (χ2v) is 7.09. The summed E-state index contributed by atoms with van der Waals surface area (Å²) >= 11 is 0. The van der Waals surface area contributed by atoms with E-state index in [0.29, 0.717) is 37.0 Å². The summed E-state index contributed by atoms with van der Waals surface area (Å²) in [5.41, 5.74) is 1.09. The molecule has 0 aromatic heterocycles. The quantitative estimate of drug-likeness (QED) is 0.582. The number of ether oxygens (including phenoxy) is 4. The van der Waals surface area contributed by atoms with Crippen molar-refractivity contribution in [3.8, 4) is 17.2 Å². The highest BCUT2D eigenvalue weighted by Crippen LogP contribution is 2.40. The number of hydrogen-bond acceptors (Lipinski definition) is 6. The van der Waals surface area contributed by atoms with Gasteiger partial charge in [-0.2, -0.15) is 0 Å². The Balaban J connectivity index is 1.82. The Morgan fingerprint density at radius 2 is 1.79 bits per heavy atom. The lowest BCUT2D eigenvalue weighted by Crippen LogP contribution is -2.34. The minimum absolute atomic E-state index is 0.120. The van der Waals surface area contributed by atoms with Gasteiger partial charge in [0, 0.05) is 32.2 Å². The van der Waals surface area contributed by atoms with Gasteiger partial charge in [0.05, 0.1) is 27.9 Å². The Morgan fingerprint density at radius 1 is 1.07 bits per heavy atom. The first-order valence-corrected chi connectivity index (χ1v) is 9.88. The maximum absolute atomic E-state index is 11.8. The number of nitrogens with one attached hydrogen (secondary N) is 1. The van der Waals surface area contributed by atoms with Crippen molar-refractivity contribution in [1.29, 1.82) is 0 Å². The van der Waals surface area contributed by atoms with E-state index in [1.807, 2.05) is 12.1 Å². The average molecular weight is 395 g/mol. The van der Waals surface area contributed by atoms with Crippen LogP contribution in [-0.2, 0) is 16.1 Å².